The van der Waals surface area contributed by atoms with Crippen molar-refractivity contribution in [2.45, 2.75) is 19.8 Å². The van der Waals surface area contributed by atoms with Crippen LogP contribution in [-0.4, -0.2) is 47.7 Å². The molecule has 1 fully saturated rings. The average molecular weight is 236 g/mol. The SMILES string of the molecule is CNC[C@@H]1CCCN(C(=O)c2cc(C)[nH]n2)C1. The first-order valence-electron chi connectivity index (χ1n) is 6.16. The number of nitrogens with zero attached hydrogens (tertiary/aromatic N) is 2. The molecule has 2 N–H and O–H groups in total. The molecule has 1 aliphatic rings. The molecule has 1 aromatic heterocycles. The Morgan fingerprint density at radius 1 is 1.71 bits per heavy atom. The summed E-state index contributed by atoms with van der Waals surface area (Å²) in [5.41, 5.74) is 1.46. The van der Waals surface area contributed by atoms with Crippen LogP contribution in [0.1, 0.15) is 29.0 Å². The van der Waals surface area contributed by atoms with Crippen molar-refractivity contribution in [2.75, 3.05) is 26.7 Å². The molecular weight excluding hydrogens is 216 g/mol. The van der Waals surface area contributed by atoms with Gasteiger partial charge in [0, 0.05) is 18.8 Å². The monoisotopic (exact) mass is 236 g/mol. The van der Waals surface area contributed by atoms with Gasteiger partial charge in [-0.2, -0.15) is 5.10 Å². The zero-order valence-electron chi connectivity index (χ0n) is 10.5. The minimum Gasteiger partial charge on any atom is -0.337 e. The second-order valence-electron chi connectivity index (χ2n) is 4.75. The summed E-state index contributed by atoms with van der Waals surface area (Å²) >= 11 is 0. The molecule has 0 saturated carbocycles. The Balaban J connectivity index is 1.99. The molecule has 5 heteroatoms. The van der Waals surface area contributed by atoms with Crippen LogP contribution >= 0.6 is 0 Å². The van der Waals surface area contributed by atoms with E-state index in [0.29, 0.717) is 11.6 Å². The lowest BCUT2D eigenvalue weighted by Gasteiger charge is -2.32. The highest BCUT2D eigenvalue weighted by atomic mass is 16.2. The van der Waals surface area contributed by atoms with E-state index < -0.39 is 0 Å². The van der Waals surface area contributed by atoms with E-state index in [9.17, 15) is 4.79 Å². The number of hydrogen-bond donors (Lipinski definition) is 2. The molecule has 5 nitrogen and oxygen atoms in total. The number of aromatic amines is 1. The summed E-state index contributed by atoms with van der Waals surface area (Å²) in [7, 11) is 1.96. The highest BCUT2D eigenvalue weighted by molar-refractivity contribution is 5.92. The highest BCUT2D eigenvalue weighted by Gasteiger charge is 2.25. The maximum absolute atomic E-state index is 12.2. The largest absolute Gasteiger partial charge is 0.337 e. The van der Waals surface area contributed by atoms with Crippen LogP contribution in [0.25, 0.3) is 0 Å². The third kappa shape index (κ3) is 2.85. The van der Waals surface area contributed by atoms with E-state index in [1.807, 2.05) is 24.9 Å². The Labute approximate surface area is 102 Å². The summed E-state index contributed by atoms with van der Waals surface area (Å²) < 4.78 is 0. The Bertz CT molecular complexity index is 386. The summed E-state index contributed by atoms with van der Waals surface area (Å²) in [6, 6.07) is 1.81. The number of rotatable bonds is 3. The zero-order chi connectivity index (χ0) is 12.3. The number of H-pyrrole nitrogens is 1. The molecule has 0 aliphatic carbocycles. The predicted octanol–water partition coefficient (Wildman–Crippen LogP) is 0.790. The van der Waals surface area contributed by atoms with Crippen molar-refractivity contribution in [3.63, 3.8) is 0 Å². The lowest BCUT2D eigenvalue weighted by atomic mass is 9.98. The predicted molar refractivity (Wildman–Crippen MR) is 65.9 cm³/mol. The topological polar surface area (TPSA) is 61.0 Å². The van der Waals surface area contributed by atoms with Gasteiger partial charge in [-0.3, -0.25) is 9.89 Å². The first-order valence-corrected chi connectivity index (χ1v) is 6.16. The Hall–Kier alpha value is -1.36. The number of carbonyl (C=O) groups excluding carboxylic acids is 1. The van der Waals surface area contributed by atoms with Crippen molar-refractivity contribution in [1.82, 2.24) is 20.4 Å². The molecule has 0 unspecified atom stereocenters. The van der Waals surface area contributed by atoms with E-state index in [2.05, 4.69) is 15.5 Å². The molecule has 0 bridgehead atoms. The number of aromatic nitrogens is 2. The van der Waals surface area contributed by atoms with Gasteiger partial charge in [0.2, 0.25) is 0 Å². The van der Waals surface area contributed by atoms with Crippen molar-refractivity contribution >= 4 is 5.91 Å². The summed E-state index contributed by atoms with van der Waals surface area (Å²) in [6.07, 6.45) is 2.28. The number of amides is 1. The maximum Gasteiger partial charge on any atom is 0.274 e. The van der Waals surface area contributed by atoms with Gasteiger partial charge in [-0.25, -0.2) is 0 Å². The fourth-order valence-corrected chi connectivity index (χ4v) is 2.39. The van der Waals surface area contributed by atoms with Crippen LogP contribution in [0.15, 0.2) is 6.07 Å². The molecule has 2 heterocycles. The average Bonchev–Trinajstić information content (AvgIpc) is 2.76. The lowest BCUT2D eigenvalue weighted by molar-refractivity contribution is 0.0668. The van der Waals surface area contributed by atoms with Crippen LogP contribution in [0.3, 0.4) is 0 Å². The molecule has 1 atom stereocenters. The summed E-state index contributed by atoms with van der Waals surface area (Å²) in [5.74, 6) is 0.618. The number of piperidine rings is 1. The number of carbonyl (C=O) groups is 1. The van der Waals surface area contributed by atoms with Gasteiger partial charge in [-0.05, 0) is 45.3 Å². The molecule has 1 amide bonds. The number of hydrogen-bond acceptors (Lipinski definition) is 3. The van der Waals surface area contributed by atoms with Crippen molar-refractivity contribution in [3.8, 4) is 0 Å². The third-order valence-electron chi connectivity index (χ3n) is 3.22. The van der Waals surface area contributed by atoms with E-state index in [0.717, 1.165) is 31.7 Å². The normalized spacial score (nSPS) is 20.6. The van der Waals surface area contributed by atoms with Gasteiger partial charge in [-0.15, -0.1) is 0 Å². The third-order valence-corrected chi connectivity index (χ3v) is 3.22. The molecule has 2 rings (SSSR count). The molecule has 1 saturated heterocycles. The molecule has 94 valence electrons. The van der Waals surface area contributed by atoms with E-state index in [1.165, 1.54) is 6.42 Å². The van der Waals surface area contributed by atoms with E-state index >= 15 is 0 Å². The molecule has 1 aliphatic heterocycles. The van der Waals surface area contributed by atoms with Crippen molar-refractivity contribution in [3.05, 3.63) is 17.5 Å². The van der Waals surface area contributed by atoms with Gasteiger partial charge in [0.15, 0.2) is 0 Å². The van der Waals surface area contributed by atoms with E-state index in [4.69, 9.17) is 0 Å². The zero-order valence-corrected chi connectivity index (χ0v) is 10.5. The fourth-order valence-electron chi connectivity index (χ4n) is 2.39. The Morgan fingerprint density at radius 3 is 3.18 bits per heavy atom. The van der Waals surface area contributed by atoms with E-state index in [-0.39, 0.29) is 5.91 Å². The second-order valence-corrected chi connectivity index (χ2v) is 4.75. The van der Waals surface area contributed by atoms with Crippen molar-refractivity contribution in [1.29, 1.82) is 0 Å². The summed E-state index contributed by atoms with van der Waals surface area (Å²) in [6.45, 7) is 4.57. The lowest BCUT2D eigenvalue weighted by Crippen LogP contribution is -2.42. The van der Waals surface area contributed by atoms with Gasteiger partial charge in [0.25, 0.3) is 5.91 Å². The van der Waals surface area contributed by atoms with Gasteiger partial charge < -0.3 is 10.2 Å². The van der Waals surface area contributed by atoms with Gasteiger partial charge in [0.1, 0.15) is 5.69 Å². The minimum absolute atomic E-state index is 0.0511. The van der Waals surface area contributed by atoms with E-state index in [1.54, 1.807) is 0 Å². The first kappa shape index (κ1) is 12.1. The number of nitrogens with one attached hydrogen (secondary N) is 2. The summed E-state index contributed by atoms with van der Waals surface area (Å²) in [4.78, 5) is 14.1. The van der Waals surface area contributed by atoms with Crippen molar-refractivity contribution < 1.29 is 4.79 Å². The van der Waals surface area contributed by atoms with Gasteiger partial charge in [-0.1, -0.05) is 0 Å². The Kier molecular flexibility index (Phi) is 3.78. The minimum atomic E-state index is 0.0511. The van der Waals surface area contributed by atoms with Gasteiger partial charge in [0.05, 0.1) is 0 Å². The smallest absolute Gasteiger partial charge is 0.274 e. The van der Waals surface area contributed by atoms with Crippen LogP contribution in [0.2, 0.25) is 0 Å². The Morgan fingerprint density at radius 2 is 2.53 bits per heavy atom. The second kappa shape index (κ2) is 5.31. The van der Waals surface area contributed by atoms with Crippen molar-refractivity contribution in [2.24, 2.45) is 5.92 Å². The van der Waals surface area contributed by atoms with Crippen LogP contribution in [0.5, 0.6) is 0 Å². The number of likely N-dealkylation sites (tertiary alicyclic amines) is 1. The van der Waals surface area contributed by atoms with Crippen LogP contribution < -0.4 is 5.32 Å². The molecular formula is C12H20N4O. The molecule has 0 aromatic carbocycles. The van der Waals surface area contributed by atoms with Crippen LogP contribution in [0, 0.1) is 12.8 Å². The molecule has 1 aromatic rings. The van der Waals surface area contributed by atoms with Crippen LogP contribution in [0.4, 0.5) is 0 Å². The fraction of sp³-hybridized carbons (Fsp3) is 0.667. The molecule has 17 heavy (non-hydrogen) atoms. The highest BCUT2D eigenvalue weighted by Crippen LogP contribution is 2.17. The number of aryl methyl sites for hydroxylation is 1. The summed E-state index contributed by atoms with van der Waals surface area (Å²) in [5, 5.41) is 10.0. The first-order chi connectivity index (χ1) is 8.20. The quantitative estimate of drug-likeness (QED) is 0.815. The standard InChI is InChI=1S/C12H20N4O/c1-9-6-11(15-14-9)12(17)16-5-3-4-10(8-16)7-13-2/h6,10,13H,3-5,7-8H2,1-2H3,(H,14,15)/t10-/m0/s1. The molecule has 0 radical (unpaired) electrons. The van der Waals surface area contributed by atoms with Gasteiger partial charge >= 0.3 is 0 Å². The molecule has 0 spiro atoms. The van der Waals surface area contributed by atoms with Crippen LogP contribution in [-0.2, 0) is 0 Å². The maximum atomic E-state index is 12.2.